The minimum Gasteiger partial charge on any atom is -0.381 e. The average Bonchev–Trinajstić information content (AvgIpc) is 2.93. The van der Waals surface area contributed by atoms with Crippen LogP contribution in [0.2, 0.25) is 0 Å². The minimum absolute atomic E-state index is 0.265. The highest BCUT2D eigenvalue weighted by atomic mass is 19.2. The van der Waals surface area contributed by atoms with Gasteiger partial charge in [0, 0.05) is 24.7 Å². The van der Waals surface area contributed by atoms with Gasteiger partial charge in [-0.15, -0.1) is 0 Å². The van der Waals surface area contributed by atoms with Crippen LogP contribution in [0.3, 0.4) is 0 Å². The molecule has 1 saturated heterocycles. The summed E-state index contributed by atoms with van der Waals surface area (Å²) in [7, 11) is 0. The van der Waals surface area contributed by atoms with Crippen molar-refractivity contribution in [2.45, 2.75) is 6.42 Å². The molecule has 1 unspecified atom stereocenters. The van der Waals surface area contributed by atoms with E-state index in [1.54, 1.807) is 0 Å². The van der Waals surface area contributed by atoms with Gasteiger partial charge in [-0.05, 0) is 6.42 Å². The first-order valence-electron chi connectivity index (χ1n) is 6.30. The van der Waals surface area contributed by atoms with E-state index >= 15 is 0 Å². The average molecular weight is 281 g/mol. The van der Waals surface area contributed by atoms with Gasteiger partial charge in [-0.25, -0.2) is 19.2 Å². The summed E-state index contributed by atoms with van der Waals surface area (Å²) in [5, 5.41) is 0. The third-order valence-corrected chi connectivity index (χ3v) is 3.10. The first-order chi connectivity index (χ1) is 9.72. The topological polar surface area (TPSA) is 56.3 Å². The number of anilines is 1. The maximum atomic E-state index is 13.1. The van der Waals surface area contributed by atoms with Crippen molar-refractivity contribution in [1.29, 1.82) is 0 Å². The van der Waals surface area contributed by atoms with E-state index in [9.17, 15) is 8.78 Å². The third kappa shape index (κ3) is 2.83. The molecule has 3 rings (SSSR count). The first kappa shape index (κ1) is 13.1. The Labute approximate surface area is 113 Å². The van der Waals surface area contributed by atoms with Crippen LogP contribution in [0, 0.1) is 17.6 Å². The summed E-state index contributed by atoms with van der Waals surface area (Å²) in [6, 6.07) is 2.02. The number of hydrogen-bond acceptors (Lipinski definition) is 5. The fourth-order valence-electron chi connectivity index (χ4n) is 2.01. The van der Waals surface area contributed by atoms with Gasteiger partial charge in [0.1, 0.15) is 0 Å². The highest BCUT2D eigenvalue weighted by molar-refractivity contribution is 5.75. The smallest absolute Gasteiger partial charge is 0.169 e. The van der Waals surface area contributed by atoms with Crippen molar-refractivity contribution >= 4 is 16.9 Å². The van der Waals surface area contributed by atoms with Gasteiger partial charge >= 0.3 is 0 Å². The Hall–Kier alpha value is -1.86. The van der Waals surface area contributed by atoms with Crippen LogP contribution in [0.5, 0.6) is 0 Å². The van der Waals surface area contributed by atoms with Crippen molar-refractivity contribution in [3.05, 3.63) is 30.0 Å². The summed E-state index contributed by atoms with van der Waals surface area (Å²) in [6.45, 7) is 1.95. The summed E-state index contributed by atoms with van der Waals surface area (Å²) < 4.78 is 31.4. The Morgan fingerprint density at radius 3 is 2.85 bits per heavy atom. The molecule has 0 spiro atoms. The zero-order valence-corrected chi connectivity index (χ0v) is 10.6. The SMILES string of the molecule is Fc1cc2ncc(NOCC3CCOC3)nc2cc1F. The molecule has 2 heterocycles. The number of fused-ring (bicyclic) bond motifs is 1. The molecule has 1 fully saturated rings. The molecular formula is C13H13F2N3O2. The van der Waals surface area contributed by atoms with E-state index in [0.717, 1.165) is 25.2 Å². The molecule has 0 bridgehead atoms. The molecule has 0 radical (unpaired) electrons. The van der Waals surface area contributed by atoms with Gasteiger partial charge in [-0.3, -0.25) is 9.82 Å². The molecule has 1 aromatic heterocycles. The highest BCUT2D eigenvalue weighted by Gasteiger charge is 2.15. The van der Waals surface area contributed by atoms with Crippen molar-refractivity contribution in [2.24, 2.45) is 5.92 Å². The van der Waals surface area contributed by atoms with Crippen LogP contribution in [0.4, 0.5) is 14.6 Å². The number of rotatable bonds is 4. The maximum absolute atomic E-state index is 13.1. The van der Waals surface area contributed by atoms with Crippen molar-refractivity contribution in [3.8, 4) is 0 Å². The molecule has 0 saturated carbocycles. The van der Waals surface area contributed by atoms with E-state index in [0.29, 0.717) is 30.5 Å². The van der Waals surface area contributed by atoms with Gasteiger partial charge in [0.2, 0.25) is 0 Å². The lowest BCUT2D eigenvalue weighted by Gasteiger charge is -2.09. The van der Waals surface area contributed by atoms with Gasteiger partial charge in [0.05, 0.1) is 30.4 Å². The van der Waals surface area contributed by atoms with Crippen LogP contribution in [0.1, 0.15) is 6.42 Å². The van der Waals surface area contributed by atoms with Crippen molar-refractivity contribution in [1.82, 2.24) is 9.97 Å². The second-order valence-corrected chi connectivity index (χ2v) is 4.65. The molecule has 1 aromatic carbocycles. The molecule has 1 atom stereocenters. The maximum Gasteiger partial charge on any atom is 0.169 e. The van der Waals surface area contributed by atoms with Gasteiger partial charge in [0.15, 0.2) is 17.5 Å². The van der Waals surface area contributed by atoms with E-state index in [1.807, 2.05) is 0 Å². The first-order valence-corrected chi connectivity index (χ1v) is 6.30. The summed E-state index contributed by atoms with van der Waals surface area (Å²) >= 11 is 0. The molecule has 106 valence electrons. The number of ether oxygens (including phenoxy) is 1. The zero-order chi connectivity index (χ0) is 13.9. The summed E-state index contributed by atoms with van der Waals surface area (Å²) in [5.74, 6) is -1.18. The van der Waals surface area contributed by atoms with Crippen LogP contribution < -0.4 is 5.48 Å². The van der Waals surface area contributed by atoms with E-state index in [2.05, 4.69) is 15.4 Å². The quantitative estimate of drug-likeness (QED) is 0.871. The van der Waals surface area contributed by atoms with E-state index < -0.39 is 11.6 Å². The number of nitrogens with zero attached hydrogens (tertiary/aromatic N) is 2. The molecule has 1 aliphatic rings. The Balaban J connectivity index is 1.67. The number of aromatic nitrogens is 2. The van der Waals surface area contributed by atoms with Crippen LogP contribution >= 0.6 is 0 Å². The van der Waals surface area contributed by atoms with Crippen LogP contribution in [0.25, 0.3) is 11.0 Å². The standard InChI is InChI=1S/C13H13F2N3O2/c14-9-3-11-12(4-10(9)15)17-13(5-16-11)18-20-7-8-1-2-19-6-8/h3-5,8H,1-2,6-7H2,(H,17,18). The zero-order valence-electron chi connectivity index (χ0n) is 10.6. The van der Waals surface area contributed by atoms with E-state index in [4.69, 9.17) is 9.57 Å². The molecule has 0 amide bonds. The van der Waals surface area contributed by atoms with Crippen LogP contribution in [0.15, 0.2) is 18.3 Å². The van der Waals surface area contributed by atoms with Crippen LogP contribution in [-0.2, 0) is 9.57 Å². The van der Waals surface area contributed by atoms with Gasteiger partial charge in [0.25, 0.3) is 0 Å². The normalized spacial score (nSPS) is 18.6. The lowest BCUT2D eigenvalue weighted by molar-refractivity contribution is 0.126. The van der Waals surface area contributed by atoms with E-state index in [1.165, 1.54) is 6.20 Å². The predicted octanol–water partition coefficient (Wildman–Crippen LogP) is 2.29. The number of halogens is 2. The Kier molecular flexibility index (Phi) is 3.70. The Morgan fingerprint density at radius 2 is 2.10 bits per heavy atom. The molecule has 1 aliphatic heterocycles. The lowest BCUT2D eigenvalue weighted by Crippen LogP contribution is -2.13. The fourth-order valence-corrected chi connectivity index (χ4v) is 2.01. The highest BCUT2D eigenvalue weighted by Crippen LogP contribution is 2.17. The van der Waals surface area contributed by atoms with E-state index in [-0.39, 0.29) is 5.52 Å². The number of nitrogens with one attached hydrogen (secondary N) is 1. The molecule has 7 heteroatoms. The summed E-state index contributed by atoms with van der Waals surface area (Å²) in [5.41, 5.74) is 3.21. The van der Waals surface area contributed by atoms with Crippen molar-refractivity contribution in [2.75, 3.05) is 25.3 Å². The summed E-state index contributed by atoms with van der Waals surface area (Å²) in [4.78, 5) is 13.4. The Morgan fingerprint density at radius 1 is 1.30 bits per heavy atom. The van der Waals surface area contributed by atoms with Gasteiger partial charge in [-0.1, -0.05) is 0 Å². The van der Waals surface area contributed by atoms with Crippen LogP contribution in [-0.4, -0.2) is 29.8 Å². The molecule has 0 aliphatic carbocycles. The largest absolute Gasteiger partial charge is 0.381 e. The number of hydrogen-bond donors (Lipinski definition) is 1. The molecule has 20 heavy (non-hydrogen) atoms. The third-order valence-electron chi connectivity index (χ3n) is 3.10. The summed E-state index contributed by atoms with van der Waals surface area (Å²) in [6.07, 6.45) is 2.38. The monoisotopic (exact) mass is 281 g/mol. The Bertz CT molecular complexity index is 618. The second kappa shape index (κ2) is 5.64. The molecular weight excluding hydrogens is 268 g/mol. The van der Waals surface area contributed by atoms with Crippen molar-refractivity contribution in [3.63, 3.8) is 0 Å². The molecule has 1 N–H and O–H groups in total. The predicted molar refractivity (Wildman–Crippen MR) is 68.0 cm³/mol. The van der Waals surface area contributed by atoms with Gasteiger partial charge < -0.3 is 4.74 Å². The molecule has 2 aromatic rings. The lowest BCUT2D eigenvalue weighted by atomic mass is 10.1. The molecule has 5 nitrogen and oxygen atoms in total. The van der Waals surface area contributed by atoms with Gasteiger partial charge in [-0.2, -0.15) is 0 Å². The number of benzene rings is 1. The second-order valence-electron chi connectivity index (χ2n) is 4.65. The minimum atomic E-state index is -0.951. The van der Waals surface area contributed by atoms with Crippen molar-refractivity contribution < 1.29 is 18.4 Å². The fraction of sp³-hybridized carbons (Fsp3) is 0.385.